The van der Waals surface area contributed by atoms with Crippen LogP contribution in [-0.2, 0) is 19.4 Å². The van der Waals surface area contributed by atoms with E-state index < -0.39 is 0 Å². The summed E-state index contributed by atoms with van der Waals surface area (Å²) in [6.07, 6.45) is 6.08. The summed E-state index contributed by atoms with van der Waals surface area (Å²) >= 11 is 0. The van der Waals surface area contributed by atoms with Crippen LogP contribution in [0.25, 0.3) is 0 Å². The molecule has 2 heterocycles. The maximum absolute atomic E-state index is 5.17. The third-order valence-electron chi connectivity index (χ3n) is 8.42. The van der Waals surface area contributed by atoms with Gasteiger partial charge in [0, 0.05) is 42.5 Å². The maximum atomic E-state index is 5.17. The summed E-state index contributed by atoms with van der Waals surface area (Å²) in [5.74, 6) is 0.461. The average Bonchev–Trinajstić information content (AvgIpc) is 3.60. The van der Waals surface area contributed by atoms with Gasteiger partial charge >= 0.3 is 0 Å². The SMILES string of the molecule is CCC1Cc2ccccc2N=C1c1cc(Nc2cccc3c2CCN(CC2(C)CC2)C3)ccc1C. The molecule has 0 radical (unpaired) electrons. The van der Waals surface area contributed by atoms with Crippen molar-refractivity contribution in [1.29, 1.82) is 0 Å². The van der Waals surface area contributed by atoms with Crippen molar-refractivity contribution in [3.05, 3.63) is 88.5 Å². The van der Waals surface area contributed by atoms with Crippen LogP contribution in [0.15, 0.2) is 65.7 Å². The third kappa shape index (κ3) is 4.54. The molecule has 180 valence electrons. The van der Waals surface area contributed by atoms with Crippen molar-refractivity contribution in [2.45, 2.75) is 59.4 Å². The van der Waals surface area contributed by atoms with Crippen molar-refractivity contribution in [2.75, 3.05) is 18.4 Å². The first-order valence-electron chi connectivity index (χ1n) is 13.4. The fourth-order valence-corrected chi connectivity index (χ4v) is 5.96. The summed E-state index contributed by atoms with van der Waals surface area (Å²) in [4.78, 5) is 7.83. The highest BCUT2D eigenvalue weighted by Crippen LogP contribution is 2.46. The number of aliphatic imine (C=N–C) groups is 1. The Labute approximate surface area is 210 Å². The molecule has 3 aliphatic rings. The standard InChI is InChI=1S/C32H37N3/c1-4-23-18-24-8-5-6-10-29(24)34-31(23)28-19-26(13-12-22(28)2)33-30-11-7-9-25-20-35(17-14-27(25)30)21-32(3)15-16-32/h5-13,19,23,33H,4,14-18,20-21H2,1-3H3. The fraction of sp³-hybridized carbons (Fsp3) is 0.406. The molecule has 0 saturated heterocycles. The van der Waals surface area contributed by atoms with Gasteiger partial charge in [-0.2, -0.15) is 0 Å². The van der Waals surface area contributed by atoms with E-state index in [1.807, 2.05) is 0 Å². The second kappa shape index (κ2) is 8.95. The Kier molecular flexibility index (Phi) is 5.76. The Morgan fingerprint density at radius 2 is 1.86 bits per heavy atom. The topological polar surface area (TPSA) is 27.6 Å². The summed E-state index contributed by atoms with van der Waals surface area (Å²) in [7, 11) is 0. The van der Waals surface area contributed by atoms with Gasteiger partial charge in [0.25, 0.3) is 0 Å². The molecular weight excluding hydrogens is 426 g/mol. The number of anilines is 2. The van der Waals surface area contributed by atoms with Gasteiger partial charge in [-0.3, -0.25) is 9.89 Å². The molecule has 3 heteroatoms. The predicted octanol–water partition coefficient (Wildman–Crippen LogP) is 7.60. The van der Waals surface area contributed by atoms with Gasteiger partial charge in [0.15, 0.2) is 0 Å². The highest BCUT2D eigenvalue weighted by Gasteiger charge is 2.39. The molecule has 35 heavy (non-hydrogen) atoms. The number of aryl methyl sites for hydroxylation is 1. The Hall–Kier alpha value is -2.91. The first kappa shape index (κ1) is 22.5. The van der Waals surface area contributed by atoms with Crippen LogP contribution in [0.5, 0.6) is 0 Å². The smallest absolute Gasteiger partial charge is 0.0665 e. The first-order chi connectivity index (χ1) is 17.0. The van der Waals surface area contributed by atoms with E-state index in [0.29, 0.717) is 11.3 Å². The molecule has 1 aliphatic carbocycles. The summed E-state index contributed by atoms with van der Waals surface area (Å²) in [5, 5.41) is 3.79. The zero-order valence-corrected chi connectivity index (χ0v) is 21.4. The van der Waals surface area contributed by atoms with Crippen LogP contribution in [-0.4, -0.2) is 23.7 Å². The van der Waals surface area contributed by atoms with Crippen molar-refractivity contribution in [3.8, 4) is 0 Å². The van der Waals surface area contributed by atoms with E-state index in [1.165, 1.54) is 58.6 Å². The van der Waals surface area contributed by atoms with Gasteiger partial charge < -0.3 is 5.32 Å². The predicted molar refractivity (Wildman–Crippen MR) is 147 cm³/mol. The van der Waals surface area contributed by atoms with Crippen molar-refractivity contribution < 1.29 is 0 Å². The molecule has 0 aromatic heterocycles. The molecule has 1 saturated carbocycles. The second-order valence-electron chi connectivity index (χ2n) is 11.3. The van der Waals surface area contributed by atoms with Gasteiger partial charge in [0.1, 0.15) is 0 Å². The van der Waals surface area contributed by atoms with E-state index in [9.17, 15) is 0 Å². The van der Waals surface area contributed by atoms with Crippen molar-refractivity contribution in [2.24, 2.45) is 16.3 Å². The highest BCUT2D eigenvalue weighted by atomic mass is 15.1. The molecule has 1 atom stereocenters. The van der Waals surface area contributed by atoms with Crippen LogP contribution in [0, 0.1) is 18.3 Å². The van der Waals surface area contributed by atoms with E-state index in [-0.39, 0.29) is 0 Å². The van der Waals surface area contributed by atoms with Gasteiger partial charge in [0.2, 0.25) is 0 Å². The van der Waals surface area contributed by atoms with Gasteiger partial charge in [-0.15, -0.1) is 0 Å². The molecule has 0 bridgehead atoms. The van der Waals surface area contributed by atoms with Crippen LogP contribution < -0.4 is 5.32 Å². The van der Waals surface area contributed by atoms with E-state index in [0.717, 1.165) is 43.7 Å². The lowest BCUT2D eigenvalue weighted by molar-refractivity contribution is 0.211. The zero-order chi connectivity index (χ0) is 24.0. The number of para-hydroxylation sites is 1. The minimum atomic E-state index is 0.461. The first-order valence-corrected chi connectivity index (χ1v) is 13.4. The Balaban J connectivity index is 1.28. The number of hydrogen-bond donors (Lipinski definition) is 1. The summed E-state index contributed by atoms with van der Waals surface area (Å²) in [5.41, 5.74) is 12.3. The molecule has 0 amide bonds. The summed E-state index contributed by atoms with van der Waals surface area (Å²) in [6, 6.07) is 22.2. The lowest BCUT2D eigenvalue weighted by Crippen LogP contribution is -2.34. The Morgan fingerprint density at radius 3 is 2.69 bits per heavy atom. The monoisotopic (exact) mass is 463 g/mol. The molecule has 2 aliphatic heterocycles. The zero-order valence-electron chi connectivity index (χ0n) is 21.4. The number of hydrogen-bond acceptors (Lipinski definition) is 3. The highest BCUT2D eigenvalue weighted by molar-refractivity contribution is 6.06. The van der Waals surface area contributed by atoms with Crippen LogP contribution >= 0.6 is 0 Å². The minimum absolute atomic E-state index is 0.461. The van der Waals surface area contributed by atoms with Crippen LogP contribution in [0.2, 0.25) is 0 Å². The quantitative estimate of drug-likeness (QED) is 0.407. The maximum Gasteiger partial charge on any atom is 0.0665 e. The molecular formula is C32H37N3. The number of rotatable bonds is 6. The molecule has 6 rings (SSSR count). The average molecular weight is 464 g/mol. The lowest BCUT2D eigenvalue weighted by Gasteiger charge is -2.32. The third-order valence-corrected chi connectivity index (χ3v) is 8.42. The van der Waals surface area contributed by atoms with Gasteiger partial charge in [-0.1, -0.05) is 50.2 Å². The molecule has 3 aromatic carbocycles. The van der Waals surface area contributed by atoms with Crippen molar-refractivity contribution >= 4 is 22.8 Å². The van der Waals surface area contributed by atoms with Crippen LogP contribution in [0.1, 0.15) is 60.9 Å². The molecule has 1 N–H and O–H groups in total. The van der Waals surface area contributed by atoms with Gasteiger partial charge in [0.05, 0.1) is 11.4 Å². The normalized spacial score (nSPS) is 20.5. The largest absolute Gasteiger partial charge is 0.355 e. The van der Waals surface area contributed by atoms with Crippen LogP contribution in [0.4, 0.5) is 17.1 Å². The Bertz CT molecular complexity index is 1280. The summed E-state index contributed by atoms with van der Waals surface area (Å²) in [6.45, 7) is 10.4. The van der Waals surface area contributed by atoms with E-state index in [4.69, 9.17) is 4.99 Å². The van der Waals surface area contributed by atoms with E-state index in [2.05, 4.69) is 91.7 Å². The molecule has 1 fully saturated rings. The number of nitrogens with one attached hydrogen (secondary N) is 1. The van der Waals surface area contributed by atoms with Crippen molar-refractivity contribution in [3.63, 3.8) is 0 Å². The number of benzene rings is 3. The lowest BCUT2D eigenvalue weighted by atomic mass is 9.84. The Morgan fingerprint density at radius 1 is 1.03 bits per heavy atom. The fourth-order valence-electron chi connectivity index (χ4n) is 5.96. The molecule has 1 unspecified atom stereocenters. The van der Waals surface area contributed by atoms with Gasteiger partial charge in [-0.05, 0) is 91.0 Å². The van der Waals surface area contributed by atoms with Crippen molar-refractivity contribution in [1.82, 2.24) is 4.90 Å². The second-order valence-corrected chi connectivity index (χ2v) is 11.3. The number of fused-ring (bicyclic) bond motifs is 2. The van der Waals surface area contributed by atoms with E-state index >= 15 is 0 Å². The van der Waals surface area contributed by atoms with Crippen LogP contribution in [0.3, 0.4) is 0 Å². The van der Waals surface area contributed by atoms with E-state index in [1.54, 1.807) is 0 Å². The summed E-state index contributed by atoms with van der Waals surface area (Å²) < 4.78 is 0. The molecule has 0 spiro atoms. The number of nitrogens with zero attached hydrogens (tertiary/aromatic N) is 2. The molecule has 3 nitrogen and oxygen atoms in total. The minimum Gasteiger partial charge on any atom is -0.355 e. The molecule has 3 aromatic rings. The van der Waals surface area contributed by atoms with Gasteiger partial charge in [-0.25, -0.2) is 0 Å².